The summed E-state index contributed by atoms with van der Waals surface area (Å²) in [6, 6.07) is 10.3. The van der Waals surface area contributed by atoms with E-state index in [0.29, 0.717) is 23.5 Å². The molecule has 0 aliphatic carbocycles. The summed E-state index contributed by atoms with van der Waals surface area (Å²) < 4.78 is 0. The second-order valence-corrected chi connectivity index (χ2v) is 6.71. The first-order chi connectivity index (χ1) is 11.2. The summed E-state index contributed by atoms with van der Waals surface area (Å²) in [5.74, 6) is -0.0387. The number of amides is 1. The average Bonchev–Trinajstić information content (AvgIpc) is 2.99. The number of nitrogens with one attached hydrogen (secondary N) is 1. The minimum atomic E-state index is -0.0387. The number of carbonyl (C=O) groups is 1. The maximum atomic E-state index is 12.1. The SMILES string of the molecule is Cc1ccc2c(c1)CCCN2CCC(=O)Nc1sccc1C#N. The molecule has 0 bridgehead atoms. The highest BCUT2D eigenvalue weighted by Gasteiger charge is 2.18. The number of aryl methyl sites for hydroxylation is 2. The van der Waals surface area contributed by atoms with E-state index in [9.17, 15) is 4.79 Å². The molecule has 2 aromatic rings. The topological polar surface area (TPSA) is 56.1 Å². The van der Waals surface area contributed by atoms with Crippen LogP contribution in [0.25, 0.3) is 0 Å². The zero-order valence-corrected chi connectivity index (χ0v) is 13.9. The summed E-state index contributed by atoms with van der Waals surface area (Å²) in [6.07, 6.45) is 2.66. The van der Waals surface area contributed by atoms with Crippen LogP contribution in [0, 0.1) is 18.3 Å². The van der Waals surface area contributed by atoms with Crippen LogP contribution in [0.3, 0.4) is 0 Å². The van der Waals surface area contributed by atoms with Crippen LogP contribution in [0.5, 0.6) is 0 Å². The lowest BCUT2D eigenvalue weighted by atomic mass is 9.99. The number of rotatable bonds is 4. The average molecular weight is 325 g/mol. The largest absolute Gasteiger partial charge is 0.371 e. The molecular weight excluding hydrogens is 306 g/mol. The number of thiophene rings is 1. The van der Waals surface area contributed by atoms with Crippen LogP contribution in [-0.4, -0.2) is 19.0 Å². The van der Waals surface area contributed by atoms with Crippen molar-refractivity contribution in [1.29, 1.82) is 5.26 Å². The number of hydrogen-bond acceptors (Lipinski definition) is 4. The molecule has 1 amide bonds. The second kappa shape index (κ2) is 6.84. The van der Waals surface area contributed by atoms with E-state index in [4.69, 9.17) is 5.26 Å². The van der Waals surface area contributed by atoms with E-state index in [1.54, 1.807) is 6.07 Å². The zero-order chi connectivity index (χ0) is 16.2. The van der Waals surface area contributed by atoms with Crippen molar-refractivity contribution >= 4 is 27.9 Å². The predicted molar refractivity (Wildman–Crippen MR) is 94.0 cm³/mol. The van der Waals surface area contributed by atoms with E-state index in [1.807, 2.05) is 5.38 Å². The molecule has 5 heteroatoms. The van der Waals surface area contributed by atoms with Crippen LogP contribution in [0.4, 0.5) is 10.7 Å². The lowest BCUT2D eigenvalue weighted by Gasteiger charge is -2.31. The Labute approximate surface area is 140 Å². The summed E-state index contributed by atoms with van der Waals surface area (Å²) >= 11 is 1.39. The molecule has 0 saturated carbocycles. The highest BCUT2D eigenvalue weighted by Crippen LogP contribution is 2.28. The first-order valence-corrected chi connectivity index (χ1v) is 8.67. The number of benzene rings is 1. The first kappa shape index (κ1) is 15.6. The maximum absolute atomic E-state index is 12.1. The number of fused-ring (bicyclic) bond motifs is 1. The molecule has 1 aromatic heterocycles. The fourth-order valence-electron chi connectivity index (χ4n) is 2.96. The number of anilines is 2. The second-order valence-electron chi connectivity index (χ2n) is 5.80. The molecule has 0 spiro atoms. The smallest absolute Gasteiger partial charge is 0.226 e. The molecule has 23 heavy (non-hydrogen) atoms. The minimum absolute atomic E-state index is 0.0387. The van der Waals surface area contributed by atoms with Gasteiger partial charge in [-0.2, -0.15) is 5.26 Å². The Bertz CT molecular complexity index is 760. The molecule has 118 valence electrons. The van der Waals surface area contributed by atoms with Crippen LogP contribution < -0.4 is 10.2 Å². The van der Waals surface area contributed by atoms with Crippen LogP contribution in [-0.2, 0) is 11.2 Å². The standard InChI is InChI=1S/C18H19N3OS/c1-13-4-5-16-14(11-13)3-2-8-21(16)9-6-17(22)20-18-15(12-19)7-10-23-18/h4-5,7,10-11H,2-3,6,8-9H2,1H3,(H,20,22). The van der Waals surface area contributed by atoms with Gasteiger partial charge in [0.05, 0.1) is 5.56 Å². The van der Waals surface area contributed by atoms with Crippen molar-refractivity contribution < 1.29 is 4.79 Å². The van der Waals surface area contributed by atoms with Gasteiger partial charge in [-0.25, -0.2) is 0 Å². The summed E-state index contributed by atoms with van der Waals surface area (Å²) in [5.41, 5.74) is 4.44. The molecule has 1 N–H and O–H groups in total. The molecule has 1 aromatic carbocycles. The molecule has 4 nitrogen and oxygen atoms in total. The molecule has 0 unspecified atom stereocenters. The predicted octanol–water partition coefficient (Wildman–Crippen LogP) is 3.71. The number of hydrogen-bond donors (Lipinski definition) is 1. The van der Waals surface area contributed by atoms with Gasteiger partial charge in [0.2, 0.25) is 5.91 Å². The van der Waals surface area contributed by atoms with E-state index in [2.05, 4.69) is 41.4 Å². The van der Waals surface area contributed by atoms with Crippen molar-refractivity contribution in [3.63, 3.8) is 0 Å². The van der Waals surface area contributed by atoms with Gasteiger partial charge in [-0.1, -0.05) is 17.7 Å². The molecule has 0 fully saturated rings. The number of nitriles is 1. The maximum Gasteiger partial charge on any atom is 0.226 e. The Morgan fingerprint density at radius 2 is 2.30 bits per heavy atom. The van der Waals surface area contributed by atoms with Gasteiger partial charge in [0, 0.05) is 25.2 Å². The third-order valence-electron chi connectivity index (χ3n) is 4.10. The van der Waals surface area contributed by atoms with Gasteiger partial charge < -0.3 is 10.2 Å². The lowest BCUT2D eigenvalue weighted by Crippen LogP contribution is -2.32. The van der Waals surface area contributed by atoms with Crippen molar-refractivity contribution in [1.82, 2.24) is 0 Å². The summed E-state index contributed by atoms with van der Waals surface area (Å²) in [4.78, 5) is 14.4. The van der Waals surface area contributed by atoms with Crippen LogP contribution in [0.1, 0.15) is 29.5 Å². The fraction of sp³-hybridized carbons (Fsp3) is 0.333. The summed E-state index contributed by atoms with van der Waals surface area (Å²) in [5, 5.41) is 14.3. The normalized spacial score (nSPS) is 13.3. The van der Waals surface area contributed by atoms with Crippen LogP contribution >= 0.6 is 11.3 Å². The van der Waals surface area contributed by atoms with Gasteiger partial charge in [0.15, 0.2) is 0 Å². The van der Waals surface area contributed by atoms with E-state index >= 15 is 0 Å². The number of nitrogens with zero attached hydrogens (tertiary/aromatic N) is 2. The Morgan fingerprint density at radius 3 is 3.13 bits per heavy atom. The summed E-state index contributed by atoms with van der Waals surface area (Å²) in [7, 11) is 0. The van der Waals surface area contributed by atoms with Crippen LogP contribution in [0.2, 0.25) is 0 Å². The van der Waals surface area contributed by atoms with Crippen molar-refractivity contribution in [2.45, 2.75) is 26.2 Å². The quantitative estimate of drug-likeness (QED) is 0.932. The first-order valence-electron chi connectivity index (χ1n) is 7.79. The molecule has 1 aliphatic rings. The van der Waals surface area contributed by atoms with E-state index in [0.717, 1.165) is 19.4 Å². The van der Waals surface area contributed by atoms with Crippen molar-refractivity contribution in [3.8, 4) is 6.07 Å². The highest BCUT2D eigenvalue weighted by molar-refractivity contribution is 7.14. The Kier molecular flexibility index (Phi) is 4.63. The summed E-state index contributed by atoms with van der Waals surface area (Å²) in [6.45, 7) is 3.81. The van der Waals surface area contributed by atoms with Gasteiger partial charge >= 0.3 is 0 Å². The van der Waals surface area contributed by atoms with Crippen molar-refractivity contribution in [3.05, 3.63) is 46.3 Å². The molecule has 2 heterocycles. The molecule has 0 saturated heterocycles. The minimum Gasteiger partial charge on any atom is -0.371 e. The Balaban J connectivity index is 1.61. The van der Waals surface area contributed by atoms with E-state index < -0.39 is 0 Å². The Morgan fingerprint density at radius 1 is 1.43 bits per heavy atom. The molecule has 1 aliphatic heterocycles. The van der Waals surface area contributed by atoms with Gasteiger partial charge in [-0.05, 0) is 42.8 Å². The molecular formula is C18H19N3OS. The van der Waals surface area contributed by atoms with Crippen molar-refractivity contribution in [2.24, 2.45) is 0 Å². The molecule has 0 atom stereocenters. The van der Waals surface area contributed by atoms with Gasteiger partial charge in [-0.3, -0.25) is 4.79 Å². The van der Waals surface area contributed by atoms with Gasteiger partial charge in [-0.15, -0.1) is 11.3 Å². The molecule has 0 radical (unpaired) electrons. The van der Waals surface area contributed by atoms with E-state index in [1.165, 1.54) is 28.2 Å². The Hall–Kier alpha value is -2.32. The third kappa shape index (κ3) is 3.54. The van der Waals surface area contributed by atoms with Gasteiger partial charge in [0.25, 0.3) is 0 Å². The van der Waals surface area contributed by atoms with Crippen molar-refractivity contribution in [2.75, 3.05) is 23.3 Å². The zero-order valence-electron chi connectivity index (χ0n) is 13.1. The third-order valence-corrected chi connectivity index (χ3v) is 4.93. The monoisotopic (exact) mass is 325 g/mol. The molecule has 3 rings (SSSR count). The highest BCUT2D eigenvalue weighted by atomic mass is 32.1. The fourth-order valence-corrected chi connectivity index (χ4v) is 3.71. The van der Waals surface area contributed by atoms with E-state index in [-0.39, 0.29) is 5.91 Å². The van der Waals surface area contributed by atoms with Crippen LogP contribution in [0.15, 0.2) is 29.6 Å². The number of carbonyl (C=O) groups excluding carboxylic acids is 1. The lowest BCUT2D eigenvalue weighted by molar-refractivity contribution is -0.116. The van der Waals surface area contributed by atoms with Gasteiger partial charge in [0.1, 0.15) is 11.1 Å².